The summed E-state index contributed by atoms with van der Waals surface area (Å²) in [4.78, 5) is 11.5. The molecule has 0 bridgehead atoms. The van der Waals surface area contributed by atoms with Gasteiger partial charge in [-0.25, -0.2) is 0 Å². The lowest BCUT2D eigenvalue weighted by Gasteiger charge is -2.10. The summed E-state index contributed by atoms with van der Waals surface area (Å²) in [7, 11) is 0. The number of nitrogens with one attached hydrogen (secondary N) is 1. The number of carbonyl (C=O) groups excluding carboxylic acids is 1. The van der Waals surface area contributed by atoms with E-state index in [1.807, 2.05) is 39.0 Å². The molecule has 0 aliphatic rings. The SMILES string of the molecule is CC.Cc1cccc(C(=O)NC(C)CO)c1. The zero-order valence-electron chi connectivity index (χ0n) is 10.4. The summed E-state index contributed by atoms with van der Waals surface area (Å²) in [5.41, 5.74) is 1.68. The summed E-state index contributed by atoms with van der Waals surface area (Å²) in [6.45, 7) is 7.65. The first-order valence-electron chi connectivity index (χ1n) is 5.62. The number of carbonyl (C=O) groups is 1. The van der Waals surface area contributed by atoms with Gasteiger partial charge in [0.25, 0.3) is 5.91 Å². The summed E-state index contributed by atoms with van der Waals surface area (Å²) in [6.07, 6.45) is 0. The molecule has 0 heterocycles. The predicted octanol–water partition coefficient (Wildman–Crippen LogP) is 2.13. The fourth-order valence-electron chi connectivity index (χ4n) is 1.14. The van der Waals surface area contributed by atoms with Gasteiger partial charge in [0.15, 0.2) is 0 Å². The van der Waals surface area contributed by atoms with E-state index in [1.54, 1.807) is 13.0 Å². The zero-order valence-corrected chi connectivity index (χ0v) is 10.4. The average Bonchev–Trinajstić information content (AvgIpc) is 2.31. The molecule has 0 fully saturated rings. The van der Waals surface area contributed by atoms with Gasteiger partial charge in [-0.1, -0.05) is 31.5 Å². The van der Waals surface area contributed by atoms with Crippen LogP contribution in [0.2, 0.25) is 0 Å². The molecule has 0 saturated heterocycles. The van der Waals surface area contributed by atoms with Crippen LogP contribution in [0.3, 0.4) is 0 Å². The number of benzene rings is 1. The Kier molecular flexibility index (Phi) is 7.21. The van der Waals surface area contributed by atoms with Gasteiger partial charge in [0.1, 0.15) is 0 Å². The largest absolute Gasteiger partial charge is 0.394 e. The van der Waals surface area contributed by atoms with Crippen molar-refractivity contribution in [3.63, 3.8) is 0 Å². The zero-order chi connectivity index (χ0) is 12.6. The van der Waals surface area contributed by atoms with Gasteiger partial charge in [-0.2, -0.15) is 0 Å². The maximum Gasteiger partial charge on any atom is 0.251 e. The smallest absolute Gasteiger partial charge is 0.251 e. The number of aliphatic hydroxyl groups excluding tert-OH is 1. The Balaban J connectivity index is 0.00000106. The molecule has 0 saturated carbocycles. The van der Waals surface area contributed by atoms with Crippen LogP contribution >= 0.6 is 0 Å². The number of aryl methyl sites for hydroxylation is 1. The van der Waals surface area contributed by atoms with E-state index in [2.05, 4.69) is 5.32 Å². The molecule has 1 atom stereocenters. The molecule has 1 unspecified atom stereocenters. The molecular formula is C13H21NO2. The van der Waals surface area contributed by atoms with Gasteiger partial charge >= 0.3 is 0 Å². The van der Waals surface area contributed by atoms with Crippen LogP contribution < -0.4 is 5.32 Å². The summed E-state index contributed by atoms with van der Waals surface area (Å²) >= 11 is 0. The van der Waals surface area contributed by atoms with Crippen molar-refractivity contribution >= 4 is 5.91 Å². The lowest BCUT2D eigenvalue weighted by molar-refractivity contribution is 0.0922. The minimum Gasteiger partial charge on any atom is -0.394 e. The quantitative estimate of drug-likeness (QED) is 0.824. The van der Waals surface area contributed by atoms with Gasteiger partial charge in [0, 0.05) is 11.6 Å². The fraction of sp³-hybridized carbons (Fsp3) is 0.462. The van der Waals surface area contributed by atoms with Crippen LogP contribution in [-0.4, -0.2) is 23.7 Å². The monoisotopic (exact) mass is 223 g/mol. The number of hydrogen-bond acceptors (Lipinski definition) is 2. The second-order valence-corrected chi connectivity index (χ2v) is 3.43. The minimum absolute atomic E-state index is 0.0441. The highest BCUT2D eigenvalue weighted by atomic mass is 16.3. The normalized spacial score (nSPS) is 11.1. The Labute approximate surface area is 97.5 Å². The van der Waals surface area contributed by atoms with Crippen LogP contribution in [0.4, 0.5) is 0 Å². The van der Waals surface area contributed by atoms with Gasteiger partial charge in [0.2, 0.25) is 0 Å². The second-order valence-electron chi connectivity index (χ2n) is 3.43. The van der Waals surface area contributed by atoms with Crippen molar-refractivity contribution in [2.45, 2.75) is 33.7 Å². The van der Waals surface area contributed by atoms with E-state index in [0.29, 0.717) is 5.56 Å². The molecule has 90 valence electrons. The number of aliphatic hydroxyl groups is 1. The Morgan fingerprint density at radius 1 is 1.44 bits per heavy atom. The predicted molar refractivity (Wildman–Crippen MR) is 66.5 cm³/mol. The molecule has 0 aromatic heterocycles. The van der Waals surface area contributed by atoms with E-state index in [4.69, 9.17) is 5.11 Å². The maximum atomic E-state index is 11.5. The third-order valence-corrected chi connectivity index (χ3v) is 1.93. The summed E-state index contributed by atoms with van der Waals surface area (Å²) in [5.74, 6) is -0.143. The Bertz CT molecular complexity index is 323. The highest BCUT2D eigenvalue weighted by Gasteiger charge is 2.08. The Morgan fingerprint density at radius 2 is 2.06 bits per heavy atom. The average molecular weight is 223 g/mol. The molecule has 1 rings (SSSR count). The lowest BCUT2D eigenvalue weighted by atomic mass is 10.1. The van der Waals surface area contributed by atoms with Crippen LogP contribution in [-0.2, 0) is 0 Å². The molecule has 1 aromatic carbocycles. The van der Waals surface area contributed by atoms with Crippen LogP contribution in [0.25, 0.3) is 0 Å². The van der Waals surface area contributed by atoms with Gasteiger partial charge in [-0.05, 0) is 26.0 Å². The van der Waals surface area contributed by atoms with Crippen LogP contribution in [0.15, 0.2) is 24.3 Å². The molecule has 16 heavy (non-hydrogen) atoms. The Morgan fingerprint density at radius 3 is 2.56 bits per heavy atom. The van der Waals surface area contributed by atoms with Crippen molar-refractivity contribution in [3.8, 4) is 0 Å². The van der Waals surface area contributed by atoms with Crippen molar-refractivity contribution in [2.75, 3.05) is 6.61 Å². The lowest BCUT2D eigenvalue weighted by Crippen LogP contribution is -2.34. The minimum atomic E-state index is -0.206. The number of hydrogen-bond donors (Lipinski definition) is 2. The van der Waals surface area contributed by atoms with Gasteiger partial charge in [-0.15, -0.1) is 0 Å². The van der Waals surface area contributed by atoms with Gasteiger partial charge < -0.3 is 10.4 Å². The topological polar surface area (TPSA) is 49.3 Å². The van der Waals surface area contributed by atoms with E-state index in [-0.39, 0.29) is 18.6 Å². The number of rotatable bonds is 3. The first-order valence-corrected chi connectivity index (χ1v) is 5.62. The first kappa shape index (κ1) is 14.6. The molecule has 0 spiro atoms. The van der Waals surface area contributed by atoms with E-state index in [0.717, 1.165) is 5.56 Å². The molecule has 3 heteroatoms. The maximum absolute atomic E-state index is 11.5. The van der Waals surface area contributed by atoms with E-state index < -0.39 is 0 Å². The van der Waals surface area contributed by atoms with Crippen molar-refractivity contribution in [2.24, 2.45) is 0 Å². The van der Waals surface area contributed by atoms with Gasteiger partial charge in [-0.3, -0.25) is 4.79 Å². The van der Waals surface area contributed by atoms with E-state index in [1.165, 1.54) is 0 Å². The standard InChI is InChI=1S/C11H15NO2.C2H6/c1-8-4-3-5-10(6-8)11(14)12-9(2)7-13;1-2/h3-6,9,13H,7H2,1-2H3,(H,12,14);1-2H3. The molecule has 1 aromatic rings. The molecule has 0 aliphatic heterocycles. The van der Waals surface area contributed by atoms with Crippen molar-refractivity contribution in [1.82, 2.24) is 5.32 Å². The highest BCUT2D eigenvalue weighted by molar-refractivity contribution is 5.94. The van der Waals surface area contributed by atoms with Gasteiger partial charge in [0.05, 0.1) is 6.61 Å². The van der Waals surface area contributed by atoms with Crippen molar-refractivity contribution in [1.29, 1.82) is 0 Å². The molecule has 0 radical (unpaired) electrons. The summed E-state index contributed by atoms with van der Waals surface area (Å²) in [5, 5.41) is 11.5. The number of amides is 1. The highest BCUT2D eigenvalue weighted by Crippen LogP contribution is 2.03. The second kappa shape index (κ2) is 7.88. The van der Waals surface area contributed by atoms with E-state index in [9.17, 15) is 4.79 Å². The summed E-state index contributed by atoms with van der Waals surface area (Å²) in [6, 6.07) is 7.15. The fourth-order valence-corrected chi connectivity index (χ4v) is 1.14. The van der Waals surface area contributed by atoms with Crippen molar-refractivity contribution < 1.29 is 9.90 Å². The summed E-state index contributed by atoms with van der Waals surface area (Å²) < 4.78 is 0. The molecule has 2 N–H and O–H groups in total. The van der Waals surface area contributed by atoms with Crippen LogP contribution in [0.5, 0.6) is 0 Å². The first-order chi connectivity index (χ1) is 7.63. The van der Waals surface area contributed by atoms with E-state index >= 15 is 0 Å². The third kappa shape index (κ3) is 4.94. The molecular weight excluding hydrogens is 202 g/mol. The van der Waals surface area contributed by atoms with Crippen LogP contribution in [0.1, 0.15) is 36.7 Å². The third-order valence-electron chi connectivity index (χ3n) is 1.93. The van der Waals surface area contributed by atoms with Crippen LogP contribution in [0, 0.1) is 6.92 Å². The Hall–Kier alpha value is -1.35. The molecule has 3 nitrogen and oxygen atoms in total. The molecule has 1 amide bonds. The molecule has 0 aliphatic carbocycles. The van der Waals surface area contributed by atoms with Crippen molar-refractivity contribution in [3.05, 3.63) is 35.4 Å².